The zero-order valence-electron chi connectivity index (χ0n) is 8.68. The lowest BCUT2D eigenvalue weighted by molar-refractivity contribution is -0.991. The van der Waals surface area contributed by atoms with Crippen LogP contribution in [0.1, 0.15) is 10.4 Å². The molecule has 7 nitrogen and oxygen atoms in total. The number of carbonyl (C=O) groups is 1. The summed E-state index contributed by atoms with van der Waals surface area (Å²) < 4.78 is 0. The van der Waals surface area contributed by atoms with Gasteiger partial charge >= 0.3 is 0 Å². The van der Waals surface area contributed by atoms with Gasteiger partial charge in [0.2, 0.25) is 0 Å². The maximum Gasteiger partial charge on any atom is 0.253 e. The van der Waals surface area contributed by atoms with Gasteiger partial charge in [0.25, 0.3) is 5.91 Å². The largest absolute Gasteiger partial charge is 0.595 e. The van der Waals surface area contributed by atoms with Gasteiger partial charge in [-0.05, 0) is 6.07 Å². The number of rotatable bonds is 2. The van der Waals surface area contributed by atoms with Crippen LogP contribution in [-0.2, 0) is 0 Å². The van der Waals surface area contributed by atoms with Gasteiger partial charge in [-0.1, -0.05) is 0 Å². The Morgan fingerprint density at radius 1 is 1.47 bits per heavy atom. The Bertz CT molecular complexity index is 597. The Balaban J connectivity index is 2.75. The lowest BCUT2D eigenvalue weighted by atomic mass is 10.1. The Labute approximate surface area is 95.8 Å². The fraction of sp³-hybridized carbons (Fsp3) is 0. The van der Waals surface area contributed by atoms with Crippen LogP contribution in [0.25, 0.3) is 10.8 Å². The molecule has 0 bridgehead atoms. The number of amides is 1. The maximum absolute atomic E-state index is 11.2. The average molecular weight is 234 g/mol. The Morgan fingerprint density at radius 3 is 2.76 bits per heavy atom. The van der Waals surface area contributed by atoms with E-state index in [-0.39, 0.29) is 17.1 Å². The van der Waals surface area contributed by atoms with Crippen molar-refractivity contribution in [3.8, 4) is 0 Å². The number of primary amides is 1. The first-order valence-corrected chi connectivity index (χ1v) is 4.72. The number of nitrogens with two attached hydrogens (primary N) is 2. The molecular formula is C10H10N4O3. The molecule has 7 heteroatoms. The molecule has 6 N–H and O–H groups in total. The minimum Gasteiger partial charge on any atom is -0.595 e. The summed E-state index contributed by atoms with van der Waals surface area (Å²) in [5, 5.41) is 19.6. The number of nitrogen functional groups attached to an aromatic ring is 1. The summed E-state index contributed by atoms with van der Waals surface area (Å²) in [6, 6.07) is 4.30. The van der Waals surface area contributed by atoms with Crippen LogP contribution in [0.5, 0.6) is 0 Å². The van der Waals surface area contributed by atoms with Gasteiger partial charge in [0.1, 0.15) is 5.82 Å². The number of fused-ring (bicyclic) bond motifs is 1. The fourth-order valence-corrected chi connectivity index (χ4v) is 1.63. The molecule has 1 amide bonds. The van der Waals surface area contributed by atoms with E-state index in [1.807, 2.05) is 0 Å². The molecule has 17 heavy (non-hydrogen) atoms. The van der Waals surface area contributed by atoms with Crippen LogP contribution in [0.15, 0.2) is 24.4 Å². The van der Waals surface area contributed by atoms with E-state index >= 15 is 0 Å². The van der Waals surface area contributed by atoms with E-state index in [1.165, 1.54) is 24.4 Å². The molecule has 0 aliphatic rings. The summed E-state index contributed by atoms with van der Waals surface area (Å²) in [6.07, 6.45) is 1.41. The molecule has 1 aromatic heterocycles. The predicted molar refractivity (Wildman–Crippen MR) is 60.4 cm³/mol. The highest BCUT2D eigenvalue weighted by Crippen LogP contribution is 2.23. The number of quaternary nitrogens is 1. The van der Waals surface area contributed by atoms with Gasteiger partial charge in [0.05, 0.1) is 5.56 Å². The molecule has 2 aromatic rings. The molecule has 1 heterocycles. The third-order valence-electron chi connectivity index (χ3n) is 2.41. The third-order valence-corrected chi connectivity index (χ3v) is 2.41. The first kappa shape index (κ1) is 11.3. The van der Waals surface area contributed by atoms with Gasteiger partial charge in [0.15, 0.2) is 5.69 Å². The third kappa shape index (κ3) is 1.89. The van der Waals surface area contributed by atoms with E-state index in [1.54, 1.807) is 0 Å². The molecule has 2 rings (SSSR count). The highest BCUT2D eigenvalue weighted by Gasteiger charge is 2.13. The minimum atomic E-state index is -1.05. The van der Waals surface area contributed by atoms with Crippen LogP contribution < -0.4 is 16.7 Å². The summed E-state index contributed by atoms with van der Waals surface area (Å²) in [5.41, 5.74) is 11.0. The van der Waals surface area contributed by atoms with Crippen molar-refractivity contribution < 1.29 is 15.2 Å². The first-order chi connectivity index (χ1) is 8.00. The zero-order chi connectivity index (χ0) is 12.6. The quantitative estimate of drug-likeness (QED) is 0.511. The smallest absolute Gasteiger partial charge is 0.253 e. The monoisotopic (exact) mass is 234 g/mol. The van der Waals surface area contributed by atoms with Crippen molar-refractivity contribution in [3.05, 3.63) is 35.2 Å². The highest BCUT2D eigenvalue weighted by molar-refractivity contribution is 6.09. The lowest BCUT2D eigenvalue weighted by Crippen LogP contribution is -2.99. The molecule has 1 unspecified atom stereocenters. The number of hydrogen-bond donors (Lipinski definition) is 4. The topological polar surface area (TPSA) is 130 Å². The number of aromatic nitrogens is 1. The lowest BCUT2D eigenvalue weighted by Gasteiger charge is -2.12. The number of carbonyl (C=O) groups excluding carboxylic acids is 1. The summed E-state index contributed by atoms with van der Waals surface area (Å²) in [4.78, 5) is 15.1. The SMILES string of the molecule is NC(=O)c1c(N)ncc2cc([NH+]([O-])O)ccc12. The van der Waals surface area contributed by atoms with Gasteiger partial charge in [-0.25, -0.2) is 10.2 Å². The van der Waals surface area contributed by atoms with Crippen LogP contribution >= 0.6 is 0 Å². The second kappa shape index (κ2) is 3.98. The van der Waals surface area contributed by atoms with Gasteiger partial charge in [-0.15, -0.1) is 0 Å². The van der Waals surface area contributed by atoms with E-state index in [2.05, 4.69) is 4.98 Å². The number of nitrogens with one attached hydrogen (secondary N) is 1. The Morgan fingerprint density at radius 2 is 2.18 bits per heavy atom. The van der Waals surface area contributed by atoms with Crippen molar-refractivity contribution in [3.63, 3.8) is 0 Å². The normalized spacial score (nSPS) is 12.6. The minimum absolute atomic E-state index is 0.0353. The van der Waals surface area contributed by atoms with Gasteiger partial charge in [-0.2, -0.15) is 5.23 Å². The predicted octanol–water partition coefficient (Wildman–Crippen LogP) is -0.681. The molecule has 1 atom stereocenters. The van der Waals surface area contributed by atoms with Gasteiger partial charge < -0.3 is 16.7 Å². The Hall–Kier alpha value is -2.22. The van der Waals surface area contributed by atoms with Gasteiger partial charge in [0, 0.05) is 29.1 Å². The van der Waals surface area contributed by atoms with Crippen molar-refractivity contribution >= 4 is 28.2 Å². The summed E-state index contributed by atoms with van der Waals surface area (Å²) in [7, 11) is 0. The van der Waals surface area contributed by atoms with E-state index in [0.29, 0.717) is 10.8 Å². The standard InChI is InChI=1S/C10H10N4O3/c11-9-8(10(12)15)7-2-1-6(14(16)17)3-5(7)4-13-9/h1-4,14,16H,(H2,11,13)(H2,12,15). The molecule has 0 saturated heterocycles. The van der Waals surface area contributed by atoms with Crippen LogP contribution in [-0.4, -0.2) is 16.1 Å². The molecule has 0 fully saturated rings. The van der Waals surface area contributed by atoms with Gasteiger partial charge in [-0.3, -0.25) is 4.79 Å². The van der Waals surface area contributed by atoms with E-state index in [4.69, 9.17) is 16.7 Å². The molecule has 0 radical (unpaired) electrons. The zero-order valence-corrected chi connectivity index (χ0v) is 8.68. The van der Waals surface area contributed by atoms with E-state index in [0.717, 1.165) is 0 Å². The van der Waals surface area contributed by atoms with E-state index in [9.17, 15) is 10.0 Å². The Kier molecular flexibility index (Phi) is 2.64. The van der Waals surface area contributed by atoms with Crippen molar-refractivity contribution in [1.82, 2.24) is 4.98 Å². The van der Waals surface area contributed by atoms with Crippen LogP contribution in [0.3, 0.4) is 0 Å². The number of benzene rings is 1. The van der Waals surface area contributed by atoms with Crippen molar-refractivity contribution in [2.24, 2.45) is 5.73 Å². The van der Waals surface area contributed by atoms with Crippen LogP contribution in [0.2, 0.25) is 0 Å². The molecule has 0 spiro atoms. The summed E-state index contributed by atoms with van der Waals surface area (Å²) in [6.45, 7) is 0. The number of pyridine rings is 1. The molecule has 0 saturated carbocycles. The van der Waals surface area contributed by atoms with Crippen LogP contribution in [0.4, 0.5) is 11.5 Å². The highest BCUT2D eigenvalue weighted by atomic mass is 16.8. The molecule has 0 aliphatic heterocycles. The first-order valence-electron chi connectivity index (χ1n) is 4.72. The summed E-state index contributed by atoms with van der Waals surface area (Å²) in [5.74, 6) is -0.656. The number of anilines is 1. The second-order valence-corrected chi connectivity index (χ2v) is 3.49. The van der Waals surface area contributed by atoms with E-state index < -0.39 is 11.1 Å². The van der Waals surface area contributed by atoms with Crippen LogP contribution in [0, 0.1) is 5.21 Å². The molecule has 0 aliphatic carbocycles. The molecule has 88 valence electrons. The fourth-order valence-electron chi connectivity index (χ4n) is 1.63. The molecular weight excluding hydrogens is 224 g/mol. The average Bonchev–Trinajstić information content (AvgIpc) is 2.27. The van der Waals surface area contributed by atoms with Crippen molar-refractivity contribution in [2.45, 2.75) is 0 Å². The number of nitrogens with zero attached hydrogens (tertiary/aromatic N) is 1. The van der Waals surface area contributed by atoms with Crippen molar-refractivity contribution in [2.75, 3.05) is 5.73 Å². The summed E-state index contributed by atoms with van der Waals surface area (Å²) >= 11 is 0. The van der Waals surface area contributed by atoms with Crippen molar-refractivity contribution in [1.29, 1.82) is 0 Å². The second-order valence-electron chi connectivity index (χ2n) is 3.49. The molecule has 1 aromatic carbocycles. The maximum atomic E-state index is 11.2. The number of hydrogen-bond acceptors (Lipinski definition) is 5.